The molecule has 2 aliphatic rings. The quantitative estimate of drug-likeness (QED) is 0.297. The van der Waals surface area contributed by atoms with Gasteiger partial charge in [0.25, 0.3) is 0 Å². The Morgan fingerprint density at radius 2 is 1.57 bits per heavy atom. The molecule has 0 spiro atoms. The molecule has 0 saturated carbocycles. The molecule has 2 saturated heterocycles. The summed E-state index contributed by atoms with van der Waals surface area (Å²) in [4.78, 5) is 24.2. The zero-order valence-electron chi connectivity index (χ0n) is 25.8. The molecule has 3 heterocycles. The summed E-state index contributed by atoms with van der Waals surface area (Å²) >= 11 is 0. The number of rotatable bonds is 6. The lowest BCUT2D eigenvalue weighted by Crippen LogP contribution is -2.59. The minimum atomic E-state index is -5.08. The van der Waals surface area contributed by atoms with E-state index < -0.39 is 46.2 Å². The monoisotopic (exact) mass is 652 g/mol. The third kappa shape index (κ3) is 6.31. The zero-order chi connectivity index (χ0) is 33.8. The van der Waals surface area contributed by atoms with E-state index in [1.807, 2.05) is 4.90 Å². The van der Waals surface area contributed by atoms with E-state index in [1.54, 1.807) is 13.0 Å². The van der Waals surface area contributed by atoms with Crippen LogP contribution in [0.2, 0.25) is 0 Å². The van der Waals surface area contributed by atoms with Crippen molar-refractivity contribution < 1.29 is 40.6 Å². The van der Waals surface area contributed by atoms with Crippen molar-refractivity contribution in [3.05, 3.63) is 76.7 Å². The molecule has 0 unspecified atom stereocenters. The van der Waals surface area contributed by atoms with Gasteiger partial charge >= 0.3 is 12.4 Å². The summed E-state index contributed by atoms with van der Waals surface area (Å²) in [5, 5.41) is 10.4. The zero-order valence-corrected chi connectivity index (χ0v) is 25.8. The highest BCUT2D eigenvalue weighted by molar-refractivity contribution is 6.03. The van der Waals surface area contributed by atoms with Gasteiger partial charge in [-0.1, -0.05) is 6.07 Å². The second-order valence-electron chi connectivity index (χ2n) is 12.5. The molecule has 6 nitrogen and oxygen atoms in total. The molecule has 1 aromatic heterocycles. The van der Waals surface area contributed by atoms with E-state index in [-0.39, 0.29) is 30.4 Å². The number of pyridine rings is 1. The number of halogens is 7. The van der Waals surface area contributed by atoms with E-state index in [1.165, 1.54) is 45.3 Å². The van der Waals surface area contributed by atoms with Crippen LogP contribution in [0.5, 0.6) is 0 Å². The molecular weight excluding hydrogens is 617 g/mol. The van der Waals surface area contributed by atoms with Gasteiger partial charge in [0.15, 0.2) is 0 Å². The smallest absolute Gasteiger partial charge is 0.394 e. The second kappa shape index (κ2) is 12.1. The molecule has 46 heavy (non-hydrogen) atoms. The molecular formula is C33H35F7N4O2. The first-order valence-corrected chi connectivity index (χ1v) is 14.9. The fourth-order valence-corrected chi connectivity index (χ4v) is 6.65. The highest BCUT2D eigenvalue weighted by atomic mass is 19.4. The van der Waals surface area contributed by atoms with Crippen molar-refractivity contribution in [2.75, 3.05) is 43.1 Å². The van der Waals surface area contributed by atoms with Crippen LogP contribution in [-0.2, 0) is 22.6 Å². The van der Waals surface area contributed by atoms with Crippen molar-refractivity contribution in [3.8, 4) is 11.1 Å². The van der Waals surface area contributed by atoms with Gasteiger partial charge in [0.05, 0.1) is 41.1 Å². The molecule has 5 rings (SSSR count). The predicted molar refractivity (Wildman–Crippen MR) is 160 cm³/mol. The summed E-state index contributed by atoms with van der Waals surface area (Å²) < 4.78 is 96.1. The maximum absolute atomic E-state index is 14.1. The highest BCUT2D eigenvalue weighted by Gasteiger charge is 2.42. The number of aromatic nitrogens is 1. The molecule has 3 aromatic rings. The van der Waals surface area contributed by atoms with Gasteiger partial charge in [0, 0.05) is 31.7 Å². The fraction of sp³-hybridized carbons (Fsp3) is 0.455. The highest BCUT2D eigenvalue weighted by Crippen LogP contribution is 2.42. The van der Waals surface area contributed by atoms with Gasteiger partial charge in [-0.15, -0.1) is 0 Å². The average molecular weight is 653 g/mol. The van der Waals surface area contributed by atoms with Gasteiger partial charge in [-0.25, -0.2) is 9.37 Å². The SMILES string of the molecule is Cc1cc(F)ccc1-c1cc(N2CCN3CCC[C@@H]3[C@@H]2CO)ncc1N(C)C(=O)C(C)(C)c1cc(C(F)(F)F)cc(C(F)(F)F)c1. The number of hydrogen-bond acceptors (Lipinski definition) is 5. The van der Waals surface area contributed by atoms with Gasteiger partial charge in [-0.05, 0) is 93.2 Å². The van der Waals surface area contributed by atoms with Gasteiger partial charge in [-0.3, -0.25) is 9.69 Å². The van der Waals surface area contributed by atoms with E-state index >= 15 is 0 Å². The Kier molecular flexibility index (Phi) is 8.88. The van der Waals surface area contributed by atoms with Crippen LogP contribution >= 0.6 is 0 Å². The third-order valence-electron chi connectivity index (χ3n) is 9.23. The van der Waals surface area contributed by atoms with Crippen molar-refractivity contribution in [1.29, 1.82) is 0 Å². The second-order valence-corrected chi connectivity index (χ2v) is 12.5. The van der Waals surface area contributed by atoms with Crippen LogP contribution < -0.4 is 9.80 Å². The number of aryl methyl sites for hydroxylation is 1. The maximum atomic E-state index is 14.1. The summed E-state index contributed by atoms with van der Waals surface area (Å²) in [6.45, 7) is 6.38. The number of amides is 1. The first kappa shape index (κ1) is 33.6. The van der Waals surface area contributed by atoms with Gasteiger partial charge in [0.2, 0.25) is 5.91 Å². The molecule has 2 atom stereocenters. The standard InChI is InChI=1S/C33H35F7N4O2/c1-19-12-23(34)7-8-24(19)25-16-29(44-11-10-43-9-5-6-26(43)28(44)18-45)41-17-27(25)42(4)30(46)31(2,3)20-13-21(32(35,36)37)15-22(14-20)33(38,39)40/h7-8,12-17,26,28,45H,5-6,9-11,18H2,1-4H3/t26-,28+/m1/s1. The van der Waals surface area contributed by atoms with Crippen molar-refractivity contribution in [3.63, 3.8) is 0 Å². The number of benzene rings is 2. The molecule has 2 aliphatic heterocycles. The predicted octanol–water partition coefficient (Wildman–Crippen LogP) is 6.82. The minimum absolute atomic E-state index is 0.0247. The summed E-state index contributed by atoms with van der Waals surface area (Å²) in [7, 11) is 1.37. The van der Waals surface area contributed by atoms with E-state index in [0.717, 1.165) is 30.8 Å². The van der Waals surface area contributed by atoms with Gasteiger partial charge < -0.3 is 14.9 Å². The van der Waals surface area contributed by atoms with Crippen molar-refractivity contribution >= 4 is 17.4 Å². The Balaban J connectivity index is 1.59. The number of carbonyl (C=O) groups is 1. The van der Waals surface area contributed by atoms with Crippen LogP contribution in [0.3, 0.4) is 0 Å². The van der Waals surface area contributed by atoms with Gasteiger partial charge in [-0.2, -0.15) is 26.3 Å². The number of hydrogen-bond donors (Lipinski definition) is 1. The molecule has 0 bridgehead atoms. The molecule has 1 amide bonds. The number of aliphatic hydroxyl groups is 1. The first-order valence-electron chi connectivity index (χ1n) is 14.9. The number of aliphatic hydroxyl groups excluding tert-OH is 1. The summed E-state index contributed by atoms with van der Waals surface area (Å²) in [5.41, 5.74) is -3.58. The lowest BCUT2D eigenvalue weighted by molar-refractivity contribution is -0.143. The van der Waals surface area contributed by atoms with Gasteiger partial charge in [0.1, 0.15) is 11.6 Å². The third-order valence-corrected chi connectivity index (χ3v) is 9.23. The van der Waals surface area contributed by atoms with E-state index in [2.05, 4.69) is 9.88 Å². The van der Waals surface area contributed by atoms with Crippen LogP contribution in [0.25, 0.3) is 11.1 Å². The number of carbonyl (C=O) groups excluding carboxylic acids is 1. The Labute approximate surface area is 262 Å². The molecule has 13 heteroatoms. The first-order chi connectivity index (χ1) is 21.4. The Morgan fingerprint density at radius 1 is 0.935 bits per heavy atom. The fourth-order valence-electron chi connectivity index (χ4n) is 6.65. The lowest BCUT2D eigenvalue weighted by atomic mass is 9.81. The number of likely N-dealkylation sites (N-methyl/N-ethyl adjacent to an activating group) is 1. The molecule has 0 radical (unpaired) electrons. The molecule has 2 fully saturated rings. The largest absolute Gasteiger partial charge is 0.416 e. The normalized spacial score (nSPS) is 19.3. The summed E-state index contributed by atoms with van der Waals surface area (Å²) in [6, 6.07) is 6.89. The number of nitrogens with zero attached hydrogens (tertiary/aromatic N) is 4. The van der Waals surface area contributed by atoms with E-state index in [9.17, 15) is 40.6 Å². The topological polar surface area (TPSA) is 59.9 Å². The molecule has 2 aromatic carbocycles. The van der Waals surface area contributed by atoms with Crippen molar-refractivity contribution in [2.24, 2.45) is 0 Å². The Bertz CT molecular complexity index is 1590. The Morgan fingerprint density at radius 3 is 2.15 bits per heavy atom. The number of piperazine rings is 1. The maximum Gasteiger partial charge on any atom is 0.416 e. The van der Waals surface area contributed by atoms with E-state index in [4.69, 9.17) is 0 Å². The van der Waals surface area contributed by atoms with E-state index in [0.29, 0.717) is 41.2 Å². The van der Waals surface area contributed by atoms with Crippen LogP contribution in [-0.4, -0.2) is 66.3 Å². The molecule has 248 valence electrons. The van der Waals surface area contributed by atoms with Crippen LogP contribution in [0.4, 0.5) is 42.2 Å². The van der Waals surface area contributed by atoms with Crippen LogP contribution in [0.15, 0.2) is 48.7 Å². The number of alkyl halides is 6. The number of anilines is 2. The molecule has 1 N–H and O–H groups in total. The molecule has 0 aliphatic carbocycles. The summed E-state index contributed by atoms with van der Waals surface area (Å²) in [5.74, 6) is -0.755. The van der Waals surface area contributed by atoms with Crippen LogP contribution in [0, 0.1) is 12.7 Å². The minimum Gasteiger partial charge on any atom is -0.394 e. The summed E-state index contributed by atoms with van der Waals surface area (Å²) in [6.07, 6.45) is -6.80. The number of fused-ring (bicyclic) bond motifs is 1. The van der Waals surface area contributed by atoms with Crippen molar-refractivity contribution in [1.82, 2.24) is 9.88 Å². The lowest BCUT2D eigenvalue weighted by Gasteiger charge is -2.45. The Hall–Kier alpha value is -3.71. The van der Waals surface area contributed by atoms with Crippen molar-refractivity contribution in [2.45, 2.75) is 63.5 Å². The van der Waals surface area contributed by atoms with Crippen LogP contribution in [0.1, 0.15) is 48.9 Å². The average Bonchev–Trinajstić information content (AvgIpc) is 3.47.